The Hall–Kier alpha value is -2.28. The molecular weight excluding hydrogens is 394 g/mol. The first kappa shape index (κ1) is 21.4. The van der Waals surface area contributed by atoms with E-state index in [-0.39, 0.29) is 23.8 Å². The maximum Gasteiger partial charge on any atom is 0.410 e. The van der Waals surface area contributed by atoms with Gasteiger partial charge in [-0.25, -0.2) is 4.79 Å². The lowest BCUT2D eigenvalue weighted by atomic mass is 9.89. The second-order valence-electron chi connectivity index (χ2n) is 8.63. The molecule has 1 aromatic rings. The number of ether oxygens (including phenoxy) is 1. The first-order chi connectivity index (χ1) is 13.6. The quantitative estimate of drug-likeness (QED) is 0.727. The minimum atomic E-state index is -0.497. The smallest absolute Gasteiger partial charge is 0.410 e. The fraction of sp³-hybridized carbons (Fsp3) is 0.571. The van der Waals surface area contributed by atoms with Crippen molar-refractivity contribution in [3.8, 4) is 0 Å². The third-order valence-electron chi connectivity index (χ3n) is 5.17. The number of anilines is 1. The molecule has 3 amide bonds. The van der Waals surface area contributed by atoms with Gasteiger partial charge in [-0.3, -0.25) is 14.9 Å². The molecule has 1 atom stereocenters. The monoisotopic (exact) mass is 421 g/mol. The SMILES string of the molecule is CC(C)(C)OC(=O)N1CCC(c2ccc(NC3CCC(=O)NC3=O)cc2Cl)CC1. The Kier molecular flexibility index (Phi) is 6.36. The Morgan fingerprint density at radius 3 is 2.48 bits per heavy atom. The van der Waals surface area contributed by atoms with E-state index in [0.29, 0.717) is 31.0 Å². The van der Waals surface area contributed by atoms with Crippen LogP contribution in [0.3, 0.4) is 0 Å². The standard InChI is InChI=1S/C21H28ClN3O4/c1-21(2,3)29-20(28)25-10-8-13(9-11-25)15-5-4-14(12-16(15)22)23-17-6-7-18(26)24-19(17)27/h4-5,12-13,17,23H,6-11H2,1-3H3,(H,24,26,27). The van der Waals surface area contributed by atoms with E-state index in [0.717, 1.165) is 24.1 Å². The molecule has 2 saturated heterocycles. The average Bonchev–Trinajstić information content (AvgIpc) is 2.63. The van der Waals surface area contributed by atoms with E-state index in [1.54, 1.807) is 4.90 Å². The van der Waals surface area contributed by atoms with Gasteiger partial charge in [0.05, 0.1) is 0 Å². The summed E-state index contributed by atoms with van der Waals surface area (Å²) >= 11 is 6.53. The molecule has 2 aliphatic heterocycles. The number of carbonyl (C=O) groups is 3. The van der Waals surface area contributed by atoms with E-state index < -0.39 is 11.6 Å². The molecule has 1 aromatic carbocycles. The minimum Gasteiger partial charge on any atom is -0.444 e. The molecule has 0 bridgehead atoms. The topological polar surface area (TPSA) is 87.7 Å². The minimum absolute atomic E-state index is 0.237. The van der Waals surface area contributed by atoms with Gasteiger partial charge in [0.2, 0.25) is 11.8 Å². The summed E-state index contributed by atoms with van der Waals surface area (Å²) in [6.45, 7) is 6.85. The van der Waals surface area contributed by atoms with Crippen LogP contribution in [0.4, 0.5) is 10.5 Å². The Bertz CT molecular complexity index is 798. The van der Waals surface area contributed by atoms with Crippen molar-refractivity contribution in [2.24, 2.45) is 0 Å². The average molecular weight is 422 g/mol. The highest BCUT2D eigenvalue weighted by Crippen LogP contribution is 2.35. The molecule has 7 nitrogen and oxygen atoms in total. The maximum absolute atomic E-state index is 12.2. The molecule has 0 aromatic heterocycles. The highest BCUT2D eigenvalue weighted by Gasteiger charge is 2.29. The lowest BCUT2D eigenvalue weighted by molar-refractivity contribution is -0.133. The Morgan fingerprint density at radius 1 is 1.21 bits per heavy atom. The zero-order valence-corrected chi connectivity index (χ0v) is 17.8. The van der Waals surface area contributed by atoms with Gasteiger partial charge in [0, 0.05) is 30.2 Å². The summed E-state index contributed by atoms with van der Waals surface area (Å²) in [4.78, 5) is 37.1. The van der Waals surface area contributed by atoms with E-state index in [1.807, 2.05) is 39.0 Å². The number of carbonyl (C=O) groups excluding carboxylic acids is 3. The van der Waals surface area contributed by atoms with Crippen LogP contribution in [0.1, 0.15) is 57.9 Å². The molecule has 2 aliphatic rings. The number of nitrogens with one attached hydrogen (secondary N) is 2. The van der Waals surface area contributed by atoms with Crippen molar-refractivity contribution in [3.63, 3.8) is 0 Å². The summed E-state index contributed by atoms with van der Waals surface area (Å²) in [5.41, 5.74) is 1.30. The van der Waals surface area contributed by atoms with E-state index in [4.69, 9.17) is 16.3 Å². The van der Waals surface area contributed by atoms with Crippen molar-refractivity contribution >= 4 is 35.2 Å². The highest BCUT2D eigenvalue weighted by molar-refractivity contribution is 6.31. The summed E-state index contributed by atoms with van der Waals surface area (Å²) in [6.07, 6.45) is 2.15. The third-order valence-corrected chi connectivity index (χ3v) is 5.49. The van der Waals surface area contributed by atoms with E-state index in [9.17, 15) is 14.4 Å². The van der Waals surface area contributed by atoms with Crippen LogP contribution in [0.25, 0.3) is 0 Å². The number of hydrogen-bond donors (Lipinski definition) is 2. The van der Waals surface area contributed by atoms with Crippen molar-refractivity contribution in [1.82, 2.24) is 10.2 Å². The number of nitrogens with zero attached hydrogens (tertiary/aromatic N) is 1. The molecule has 2 N–H and O–H groups in total. The number of halogens is 1. The van der Waals surface area contributed by atoms with Gasteiger partial charge in [-0.05, 0) is 63.6 Å². The summed E-state index contributed by atoms with van der Waals surface area (Å²) in [6, 6.07) is 5.27. The van der Waals surface area contributed by atoms with Gasteiger partial charge in [0.1, 0.15) is 11.6 Å². The maximum atomic E-state index is 12.2. The largest absolute Gasteiger partial charge is 0.444 e. The van der Waals surface area contributed by atoms with Crippen LogP contribution in [0.5, 0.6) is 0 Å². The number of benzene rings is 1. The number of imide groups is 1. The third kappa shape index (κ3) is 5.63. The van der Waals surface area contributed by atoms with Crippen molar-refractivity contribution in [1.29, 1.82) is 0 Å². The lowest BCUT2D eigenvalue weighted by Gasteiger charge is -2.34. The van der Waals surface area contributed by atoms with Gasteiger partial charge in [0.25, 0.3) is 0 Å². The molecule has 0 aliphatic carbocycles. The normalized spacial score (nSPS) is 21.0. The van der Waals surface area contributed by atoms with Gasteiger partial charge in [-0.1, -0.05) is 17.7 Å². The molecule has 1 unspecified atom stereocenters. The second-order valence-corrected chi connectivity index (χ2v) is 9.03. The van der Waals surface area contributed by atoms with Gasteiger partial charge in [0.15, 0.2) is 0 Å². The molecule has 2 heterocycles. The molecule has 0 radical (unpaired) electrons. The zero-order chi connectivity index (χ0) is 21.2. The summed E-state index contributed by atoms with van der Waals surface area (Å²) in [5.74, 6) is -0.277. The van der Waals surface area contributed by atoms with E-state index in [2.05, 4.69) is 10.6 Å². The molecular formula is C21H28ClN3O4. The van der Waals surface area contributed by atoms with Crippen LogP contribution in [0.15, 0.2) is 18.2 Å². The molecule has 29 heavy (non-hydrogen) atoms. The molecule has 8 heteroatoms. The Balaban J connectivity index is 1.58. The summed E-state index contributed by atoms with van der Waals surface area (Å²) in [5, 5.41) is 6.12. The fourth-order valence-electron chi connectivity index (χ4n) is 3.68. The Labute approximate surface area is 176 Å². The number of hydrogen-bond acceptors (Lipinski definition) is 5. The van der Waals surface area contributed by atoms with E-state index >= 15 is 0 Å². The van der Waals surface area contributed by atoms with Crippen LogP contribution in [0.2, 0.25) is 5.02 Å². The number of likely N-dealkylation sites (tertiary alicyclic amines) is 1. The van der Waals surface area contributed by atoms with Gasteiger partial charge in [-0.2, -0.15) is 0 Å². The fourth-order valence-corrected chi connectivity index (χ4v) is 4.01. The van der Waals surface area contributed by atoms with Gasteiger partial charge in [-0.15, -0.1) is 0 Å². The lowest BCUT2D eigenvalue weighted by Crippen LogP contribution is -2.47. The Morgan fingerprint density at radius 2 is 1.90 bits per heavy atom. The van der Waals surface area contributed by atoms with Crippen LogP contribution >= 0.6 is 11.6 Å². The van der Waals surface area contributed by atoms with Gasteiger partial charge >= 0.3 is 6.09 Å². The van der Waals surface area contributed by atoms with Crippen molar-refractivity contribution < 1.29 is 19.1 Å². The predicted molar refractivity (Wildman–Crippen MR) is 111 cm³/mol. The van der Waals surface area contributed by atoms with Crippen molar-refractivity contribution in [2.75, 3.05) is 18.4 Å². The molecule has 158 valence electrons. The number of rotatable bonds is 3. The molecule has 3 rings (SSSR count). The van der Waals surface area contributed by atoms with E-state index in [1.165, 1.54) is 0 Å². The van der Waals surface area contributed by atoms with Gasteiger partial charge < -0.3 is 15.0 Å². The van der Waals surface area contributed by atoms with Crippen molar-refractivity contribution in [2.45, 2.75) is 64.0 Å². The highest BCUT2D eigenvalue weighted by atomic mass is 35.5. The van der Waals surface area contributed by atoms with Crippen LogP contribution in [-0.2, 0) is 14.3 Å². The first-order valence-corrected chi connectivity index (χ1v) is 10.4. The summed E-state index contributed by atoms with van der Waals surface area (Å²) in [7, 11) is 0. The molecule has 0 spiro atoms. The second kappa shape index (κ2) is 8.61. The first-order valence-electron chi connectivity index (χ1n) is 10.00. The predicted octanol–water partition coefficient (Wildman–Crippen LogP) is 3.67. The molecule has 0 saturated carbocycles. The van der Waals surface area contributed by atoms with Crippen molar-refractivity contribution in [3.05, 3.63) is 28.8 Å². The number of piperidine rings is 2. The number of amides is 3. The van der Waals surface area contributed by atoms with Crippen LogP contribution in [-0.4, -0.2) is 47.5 Å². The van der Waals surface area contributed by atoms with Crippen LogP contribution < -0.4 is 10.6 Å². The molecule has 2 fully saturated rings. The van der Waals surface area contributed by atoms with Crippen LogP contribution in [0, 0.1) is 0 Å². The zero-order valence-electron chi connectivity index (χ0n) is 17.1. The summed E-state index contributed by atoms with van der Waals surface area (Å²) < 4.78 is 5.44.